The van der Waals surface area contributed by atoms with Crippen molar-refractivity contribution in [3.8, 4) is 0 Å². The molecule has 0 spiro atoms. The predicted octanol–water partition coefficient (Wildman–Crippen LogP) is 1.03. The van der Waals surface area contributed by atoms with Crippen molar-refractivity contribution in [3.05, 3.63) is 11.7 Å². The van der Waals surface area contributed by atoms with Crippen LogP contribution in [0.15, 0.2) is 4.52 Å². The quantitative estimate of drug-likeness (QED) is 0.748. The van der Waals surface area contributed by atoms with Crippen molar-refractivity contribution in [2.75, 3.05) is 0 Å². The highest BCUT2D eigenvalue weighted by Gasteiger charge is 2.17. The summed E-state index contributed by atoms with van der Waals surface area (Å²) in [5.74, 6) is 0.461. The van der Waals surface area contributed by atoms with E-state index in [1.165, 1.54) is 0 Å². The van der Waals surface area contributed by atoms with Crippen LogP contribution in [0, 0.1) is 6.92 Å². The Morgan fingerprint density at radius 3 is 2.67 bits per heavy atom. The predicted molar refractivity (Wildman–Crippen MR) is 36.6 cm³/mol. The molecule has 0 saturated carbocycles. The van der Waals surface area contributed by atoms with Crippen LogP contribution in [0.2, 0.25) is 0 Å². The summed E-state index contributed by atoms with van der Waals surface area (Å²) in [6.07, 6.45) is -2.91. The lowest BCUT2D eigenvalue weighted by Gasteiger charge is -2.03. The zero-order valence-electron chi connectivity index (χ0n) is 6.50. The van der Waals surface area contributed by atoms with Crippen LogP contribution in [-0.4, -0.2) is 16.6 Å². The van der Waals surface area contributed by atoms with E-state index in [0.29, 0.717) is 5.82 Å². The van der Waals surface area contributed by atoms with Gasteiger partial charge in [0, 0.05) is 6.42 Å². The molecule has 1 rings (SSSR count). The molecule has 0 saturated heterocycles. The lowest BCUT2D eigenvalue weighted by molar-refractivity contribution is 0.122. The van der Waals surface area contributed by atoms with Gasteiger partial charge < -0.3 is 10.3 Å². The number of aromatic nitrogens is 2. The molecule has 1 aromatic rings. The SMILES string of the molecule is Cc1noc(C(N)CC(F)F)n1. The Labute approximate surface area is 67.7 Å². The first kappa shape index (κ1) is 9.05. The van der Waals surface area contributed by atoms with Gasteiger partial charge in [0.15, 0.2) is 5.82 Å². The Kier molecular flexibility index (Phi) is 2.69. The summed E-state index contributed by atoms with van der Waals surface area (Å²) in [5.41, 5.74) is 5.33. The van der Waals surface area contributed by atoms with Crippen LogP contribution in [0.1, 0.15) is 24.2 Å². The largest absolute Gasteiger partial charge is 0.338 e. The van der Waals surface area contributed by atoms with Gasteiger partial charge in [-0.15, -0.1) is 0 Å². The number of nitrogens with two attached hydrogens (primary N) is 1. The third kappa shape index (κ3) is 2.23. The molecule has 1 unspecified atom stereocenters. The van der Waals surface area contributed by atoms with Crippen molar-refractivity contribution in [1.82, 2.24) is 10.1 Å². The van der Waals surface area contributed by atoms with Gasteiger partial charge in [0.1, 0.15) is 0 Å². The molecule has 6 heteroatoms. The first-order chi connectivity index (χ1) is 5.59. The minimum absolute atomic E-state index is 0.0628. The molecule has 4 nitrogen and oxygen atoms in total. The fourth-order valence-corrected chi connectivity index (χ4v) is 0.757. The van der Waals surface area contributed by atoms with E-state index in [1.54, 1.807) is 6.92 Å². The van der Waals surface area contributed by atoms with Gasteiger partial charge in [0.25, 0.3) is 0 Å². The molecule has 1 atom stereocenters. The first-order valence-electron chi connectivity index (χ1n) is 3.43. The number of nitrogens with zero attached hydrogens (tertiary/aromatic N) is 2. The minimum Gasteiger partial charge on any atom is -0.338 e. The maximum Gasteiger partial charge on any atom is 0.243 e. The molecule has 0 aliphatic heterocycles. The van der Waals surface area contributed by atoms with Gasteiger partial charge in [0.05, 0.1) is 6.04 Å². The van der Waals surface area contributed by atoms with Crippen LogP contribution in [0.3, 0.4) is 0 Å². The average Bonchev–Trinajstić information content (AvgIpc) is 2.34. The molecule has 68 valence electrons. The summed E-state index contributed by atoms with van der Waals surface area (Å²) in [6.45, 7) is 1.60. The van der Waals surface area contributed by atoms with Crippen molar-refractivity contribution < 1.29 is 13.3 Å². The number of hydrogen-bond donors (Lipinski definition) is 1. The third-order valence-corrected chi connectivity index (χ3v) is 1.29. The summed E-state index contributed by atoms with van der Waals surface area (Å²) in [4.78, 5) is 3.73. The van der Waals surface area contributed by atoms with E-state index in [0.717, 1.165) is 0 Å². The molecule has 2 N–H and O–H groups in total. The highest BCUT2D eigenvalue weighted by Crippen LogP contribution is 2.15. The minimum atomic E-state index is -2.45. The first-order valence-corrected chi connectivity index (χ1v) is 3.43. The van der Waals surface area contributed by atoms with E-state index in [-0.39, 0.29) is 5.89 Å². The zero-order valence-corrected chi connectivity index (χ0v) is 6.50. The molecule has 0 aliphatic carbocycles. The monoisotopic (exact) mass is 177 g/mol. The van der Waals surface area contributed by atoms with Gasteiger partial charge in [-0.25, -0.2) is 8.78 Å². The van der Waals surface area contributed by atoms with Gasteiger partial charge in [-0.2, -0.15) is 4.98 Å². The highest BCUT2D eigenvalue weighted by atomic mass is 19.3. The summed E-state index contributed by atoms with van der Waals surface area (Å²) >= 11 is 0. The standard InChI is InChI=1S/C6H9F2N3O/c1-3-10-6(12-11-3)4(9)2-5(7)8/h4-5H,2,9H2,1H3. The molecule has 1 heterocycles. The van der Waals surface area contributed by atoms with Crippen LogP contribution in [0.5, 0.6) is 0 Å². The number of alkyl halides is 2. The Morgan fingerprint density at radius 2 is 2.25 bits per heavy atom. The second kappa shape index (κ2) is 3.57. The molecule has 0 radical (unpaired) electrons. The normalized spacial score (nSPS) is 13.8. The third-order valence-electron chi connectivity index (χ3n) is 1.29. The van der Waals surface area contributed by atoms with E-state index in [1.807, 2.05) is 0 Å². The molecule has 0 bridgehead atoms. The summed E-state index contributed by atoms with van der Waals surface area (Å²) in [5, 5.41) is 3.43. The van der Waals surface area contributed by atoms with Crippen LogP contribution in [0.4, 0.5) is 8.78 Å². The molecule has 0 aromatic carbocycles. The molecule has 12 heavy (non-hydrogen) atoms. The van der Waals surface area contributed by atoms with Gasteiger partial charge in [-0.1, -0.05) is 5.16 Å². The maximum atomic E-state index is 11.8. The van der Waals surface area contributed by atoms with Gasteiger partial charge >= 0.3 is 0 Å². The number of aryl methyl sites for hydroxylation is 1. The molecular formula is C6H9F2N3O. The summed E-state index contributed by atoms with van der Waals surface area (Å²) in [6, 6.07) is -0.869. The van der Waals surface area contributed by atoms with Crippen LogP contribution < -0.4 is 5.73 Å². The molecule has 0 aliphatic rings. The number of halogens is 2. The Morgan fingerprint density at radius 1 is 1.58 bits per heavy atom. The second-order valence-corrected chi connectivity index (χ2v) is 2.41. The molecule has 0 amide bonds. The number of rotatable bonds is 3. The van der Waals surface area contributed by atoms with Crippen molar-refractivity contribution >= 4 is 0 Å². The smallest absolute Gasteiger partial charge is 0.243 e. The van der Waals surface area contributed by atoms with E-state index >= 15 is 0 Å². The fourth-order valence-electron chi connectivity index (χ4n) is 0.757. The van der Waals surface area contributed by atoms with Gasteiger partial charge in [-0.3, -0.25) is 0 Å². The van der Waals surface area contributed by atoms with Crippen molar-refractivity contribution in [2.45, 2.75) is 25.8 Å². The van der Waals surface area contributed by atoms with E-state index in [9.17, 15) is 8.78 Å². The average molecular weight is 177 g/mol. The molecular weight excluding hydrogens is 168 g/mol. The van der Waals surface area contributed by atoms with Crippen LogP contribution in [-0.2, 0) is 0 Å². The van der Waals surface area contributed by atoms with Gasteiger partial charge in [-0.05, 0) is 6.92 Å². The van der Waals surface area contributed by atoms with Crippen LogP contribution >= 0.6 is 0 Å². The highest BCUT2D eigenvalue weighted by molar-refractivity contribution is 4.89. The van der Waals surface area contributed by atoms with E-state index < -0.39 is 18.9 Å². The van der Waals surface area contributed by atoms with Crippen molar-refractivity contribution in [1.29, 1.82) is 0 Å². The van der Waals surface area contributed by atoms with E-state index in [4.69, 9.17) is 5.73 Å². The summed E-state index contributed by atoms with van der Waals surface area (Å²) < 4.78 is 28.2. The Balaban J connectivity index is 2.58. The maximum absolute atomic E-state index is 11.8. The lowest BCUT2D eigenvalue weighted by atomic mass is 10.2. The van der Waals surface area contributed by atoms with Crippen molar-refractivity contribution in [2.24, 2.45) is 5.73 Å². The van der Waals surface area contributed by atoms with Gasteiger partial charge in [0.2, 0.25) is 12.3 Å². The molecule has 0 fully saturated rings. The fraction of sp³-hybridized carbons (Fsp3) is 0.667. The Bertz CT molecular complexity index is 251. The number of hydrogen-bond acceptors (Lipinski definition) is 4. The molecule has 1 aromatic heterocycles. The zero-order chi connectivity index (χ0) is 9.14. The topological polar surface area (TPSA) is 64.9 Å². The van der Waals surface area contributed by atoms with E-state index in [2.05, 4.69) is 14.7 Å². The lowest BCUT2D eigenvalue weighted by Crippen LogP contribution is -2.14. The van der Waals surface area contributed by atoms with Crippen molar-refractivity contribution in [3.63, 3.8) is 0 Å². The summed E-state index contributed by atoms with van der Waals surface area (Å²) in [7, 11) is 0. The Hall–Kier alpha value is -1.04. The van der Waals surface area contributed by atoms with Crippen LogP contribution in [0.25, 0.3) is 0 Å². The second-order valence-electron chi connectivity index (χ2n) is 2.41.